The third kappa shape index (κ3) is 0.974. The molecule has 0 amide bonds. The van der Waals surface area contributed by atoms with E-state index in [4.69, 9.17) is 5.11 Å². The lowest BCUT2D eigenvalue weighted by Crippen LogP contribution is -2.56. The Morgan fingerprint density at radius 1 is 1.67 bits per heavy atom. The van der Waals surface area contributed by atoms with Gasteiger partial charge < -0.3 is 10.2 Å². The number of hydrogen-bond donors (Lipinski definition) is 2. The highest BCUT2D eigenvalue weighted by Crippen LogP contribution is 2.44. The van der Waals surface area contributed by atoms with E-state index in [0.29, 0.717) is 0 Å². The van der Waals surface area contributed by atoms with Gasteiger partial charge in [0.05, 0.1) is 17.5 Å². The largest absolute Gasteiger partial charge is 0.395 e. The molecule has 2 N–H and O–H groups in total. The molecule has 9 heavy (non-hydrogen) atoms. The summed E-state index contributed by atoms with van der Waals surface area (Å²) in [5, 5.41) is 18.4. The number of aliphatic hydroxyl groups is 2. The lowest BCUT2D eigenvalue weighted by atomic mass is 9.97. The lowest BCUT2D eigenvalue weighted by molar-refractivity contribution is 0.0247. The summed E-state index contributed by atoms with van der Waals surface area (Å²) in [5.74, 6) is 0. The van der Waals surface area contributed by atoms with Crippen molar-refractivity contribution in [2.45, 2.75) is 29.9 Å². The van der Waals surface area contributed by atoms with Crippen molar-refractivity contribution in [3.8, 4) is 0 Å². The SMILES string of the molecule is CC1SC(CO)C1(C)O. The van der Waals surface area contributed by atoms with Gasteiger partial charge in [0.2, 0.25) is 0 Å². The topological polar surface area (TPSA) is 40.5 Å². The summed E-state index contributed by atoms with van der Waals surface area (Å²) in [6.45, 7) is 3.83. The summed E-state index contributed by atoms with van der Waals surface area (Å²) in [5.41, 5.74) is -0.639. The first-order valence-corrected chi connectivity index (χ1v) is 4.02. The van der Waals surface area contributed by atoms with Crippen LogP contribution in [-0.4, -0.2) is 32.9 Å². The Morgan fingerprint density at radius 2 is 2.22 bits per heavy atom. The third-order valence-electron chi connectivity index (χ3n) is 2.01. The van der Waals surface area contributed by atoms with Gasteiger partial charge in [0.1, 0.15) is 0 Å². The average Bonchev–Trinajstić information content (AvgIpc) is 1.82. The summed E-state index contributed by atoms with van der Waals surface area (Å²) in [6, 6.07) is 0. The van der Waals surface area contributed by atoms with E-state index in [2.05, 4.69) is 0 Å². The minimum absolute atomic E-state index is 0.0347. The molecule has 1 aliphatic heterocycles. The fraction of sp³-hybridized carbons (Fsp3) is 1.00. The second-order valence-corrected chi connectivity index (χ2v) is 4.22. The summed E-state index contributed by atoms with van der Waals surface area (Å²) < 4.78 is 0. The fourth-order valence-corrected chi connectivity index (χ4v) is 2.21. The number of hydrogen-bond acceptors (Lipinski definition) is 3. The van der Waals surface area contributed by atoms with Crippen LogP contribution in [0.3, 0.4) is 0 Å². The predicted molar refractivity (Wildman–Crippen MR) is 38.6 cm³/mol. The number of thioether (sulfide) groups is 1. The molecule has 1 aliphatic rings. The minimum atomic E-state index is -0.639. The van der Waals surface area contributed by atoms with E-state index in [9.17, 15) is 5.11 Å². The molecular weight excluding hydrogens is 136 g/mol. The van der Waals surface area contributed by atoms with Crippen molar-refractivity contribution in [1.29, 1.82) is 0 Å². The van der Waals surface area contributed by atoms with Crippen molar-refractivity contribution in [3.05, 3.63) is 0 Å². The minimum Gasteiger partial charge on any atom is -0.395 e. The Morgan fingerprint density at radius 3 is 2.33 bits per heavy atom. The van der Waals surface area contributed by atoms with Crippen LogP contribution in [0.25, 0.3) is 0 Å². The molecule has 3 unspecified atom stereocenters. The Labute approximate surface area is 59.3 Å². The maximum absolute atomic E-state index is 9.46. The first kappa shape index (κ1) is 7.38. The molecule has 1 heterocycles. The fourth-order valence-electron chi connectivity index (χ4n) is 0.939. The van der Waals surface area contributed by atoms with Crippen molar-refractivity contribution in [2.75, 3.05) is 6.61 Å². The van der Waals surface area contributed by atoms with Crippen molar-refractivity contribution in [2.24, 2.45) is 0 Å². The van der Waals surface area contributed by atoms with Crippen molar-refractivity contribution < 1.29 is 10.2 Å². The van der Waals surface area contributed by atoms with Crippen LogP contribution in [0.15, 0.2) is 0 Å². The first-order chi connectivity index (χ1) is 4.09. The molecule has 3 atom stereocenters. The Balaban J connectivity index is 2.48. The van der Waals surface area contributed by atoms with E-state index >= 15 is 0 Å². The van der Waals surface area contributed by atoms with Crippen molar-refractivity contribution >= 4 is 11.8 Å². The van der Waals surface area contributed by atoms with Gasteiger partial charge in [-0.15, -0.1) is 11.8 Å². The maximum atomic E-state index is 9.46. The molecule has 54 valence electrons. The molecule has 1 fully saturated rings. The van der Waals surface area contributed by atoms with E-state index in [1.54, 1.807) is 18.7 Å². The molecule has 0 aromatic rings. The summed E-state index contributed by atoms with van der Waals surface area (Å²) in [7, 11) is 0. The zero-order chi connectivity index (χ0) is 7.07. The molecule has 1 rings (SSSR count). The molecule has 0 aromatic heterocycles. The van der Waals surface area contributed by atoms with E-state index in [1.165, 1.54) is 0 Å². The lowest BCUT2D eigenvalue weighted by Gasteiger charge is -2.47. The molecule has 0 radical (unpaired) electrons. The van der Waals surface area contributed by atoms with Gasteiger partial charge in [-0.2, -0.15) is 0 Å². The summed E-state index contributed by atoms with van der Waals surface area (Å²) in [4.78, 5) is 0. The van der Waals surface area contributed by atoms with Crippen LogP contribution in [0.2, 0.25) is 0 Å². The van der Waals surface area contributed by atoms with Gasteiger partial charge in [0.15, 0.2) is 0 Å². The van der Waals surface area contributed by atoms with Gasteiger partial charge in [-0.25, -0.2) is 0 Å². The maximum Gasteiger partial charge on any atom is 0.0875 e. The second-order valence-electron chi connectivity index (χ2n) is 2.68. The smallest absolute Gasteiger partial charge is 0.0875 e. The standard InChI is InChI=1S/C6H12O2S/c1-4-6(2,8)5(3-7)9-4/h4-5,7-8H,3H2,1-2H3. The monoisotopic (exact) mass is 148 g/mol. The molecule has 2 nitrogen and oxygen atoms in total. The Kier molecular flexibility index (Phi) is 1.76. The Bertz CT molecular complexity index is 114. The molecule has 0 bridgehead atoms. The van der Waals surface area contributed by atoms with Crippen molar-refractivity contribution in [3.63, 3.8) is 0 Å². The van der Waals surface area contributed by atoms with E-state index in [0.717, 1.165) is 0 Å². The van der Waals surface area contributed by atoms with Crippen LogP contribution in [-0.2, 0) is 0 Å². The predicted octanol–water partition coefficient (Wildman–Crippen LogP) is 0.234. The van der Waals surface area contributed by atoms with Crippen LogP contribution in [0.4, 0.5) is 0 Å². The van der Waals surface area contributed by atoms with Crippen LogP contribution < -0.4 is 0 Å². The van der Waals surface area contributed by atoms with Crippen LogP contribution in [0.5, 0.6) is 0 Å². The zero-order valence-corrected chi connectivity index (χ0v) is 6.48. The van der Waals surface area contributed by atoms with E-state index in [1.807, 2.05) is 6.92 Å². The molecule has 0 aromatic carbocycles. The third-order valence-corrected chi connectivity index (χ3v) is 3.85. The average molecular weight is 148 g/mol. The van der Waals surface area contributed by atoms with Crippen molar-refractivity contribution in [1.82, 2.24) is 0 Å². The van der Waals surface area contributed by atoms with Gasteiger partial charge in [-0.1, -0.05) is 6.92 Å². The zero-order valence-electron chi connectivity index (χ0n) is 5.66. The highest BCUT2D eigenvalue weighted by atomic mass is 32.2. The van der Waals surface area contributed by atoms with Gasteiger partial charge >= 0.3 is 0 Å². The van der Waals surface area contributed by atoms with E-state index in [-0.39, 0.29) is 17.1 Å². The second kappa shape index (κ2) is 2.15. The highest BCUT2D eigenvalue weighted by molar-refractivity contribution is 8.02. The summed E-state index contributed by atoms with van der Waals surface area (Å²) in [6.07, 6.45) is 0. The van der Waals surface area contributed by atoms with Crippen LogP contribution in [0, 0.1) is 0 Å². The molecular formula is C6H12O2S. The normalized spacial score (nSPS) is 50.7. The summed E-state index contributed by atoms with van der Waals surface area (Å²) >= 11 is 1.64. The van der Waals surface area contributed by atoms with Crippen LogP contribution in [0.1, 0.15) is 13.8 Å². The van der Waals surface area contributed by atoms with Gasteiger partial charge in [0, 0.05) is 5.25 Å². The molecule has 1 saturated heterocycles. The van der Waals surface area contributed by atoms with Gasteiger partial charge in [-0.05, 0) is 6.92 Å². The van der Waals surface area contributed by atoms with Gasteiger partial charge in [-0.3, -0.25) is 0 Å². The molecule has 0 aliphatic carbocycles. The highest BCUT2D eigenvalue weighted by Gasteiger charge is 2.48. The Hall–Kier alpha value is 0.270. The van der Waals surface area contributed by atoms with E-state index < -0.39 is 5.60 Å². The number of rotatable bonds is 1. The number of aliphatic hydroxyl groups excluding tert-OH is 1. The first-order valence-electron chi connectivity index (χ1n) is 3.07. The van der Waals surface area contributed by atoms with Gasteiger partial charge in [0.25, 0.3) is 0 Å². The quantitative estimate of drug-likeness (QED) is 0.559. The van der Waals surface area contributed by atoms with Crippen LogP contribution >= 0.6 is 11.8 Å². The molecule has 3 heteroatoms. The molecule has 0 saturated carbocycles. The molecule has 0 spiro atoms.